The van der Waals surface area contributed by atoms with Crippen LogP contribution in [0.2, 0.25) is 0 Å². The Morgan fingerprint density at radius 3 is 2.53 bits per heavy atom. The molecule has 1 atom stereocenters. The van der Waals surface area contributed by atoms with Crippen molar-refractivity contribution in [2.45, 2.75) is 39.7 Å². The summed E-state index contributed by atoms with van der Waals surface area (Å²) in [5.74, 6) is 1.36. The van der Waals surface area contributed by atoms with E-state index in [1.165, 1.54) is 5.56 Å². The van der Waals surface area contributed by atoms with Gasteiger partial charge in [0.15, 0.2) is 0 Å². The van der Waals surface area contributed by atoms with Gasteiger partial charge in [-0.1, -0.05) is 39.7 Å². The van der Waals surface area contributed by atoms with Crippen molar-refractivity contribution >= 4 is 0 Å². The second kappa shape index (κ2) is 7.28. The highest BCUT2D eigenvalue weighted by Gasteiger charge is 2.22. The molecule has 0 saturated heterocycles. The second-order valence-electron chi connectivity index (χ2n) is 4.21. The standard InChI is InChI=1S/C14H24N2O/c1-5-11(6-2)13(15-7-3)12-9-8-10-16-14(12)17-4/h8-11,13,15H,5-7H2,1-4H3. The summed E-state index contributed by atoms with van der Waals surface area (Å²) in [5, 5.41) is 3.56. The molecule has 0 fully saturated rings. The zero-order valence-corrected chi connectivity index (χ0v) is 11.4. The van der Waals surface area contributed by atoms with Crippen molar-refractivity contribution in [2.75, 3.05) is 13.7 Å². The molecule has 0 aromatic carbocycles. The monoisotopic (exact) mass is 236 g/mol. The second-order valence-corrected chi connectivity index (χ2v) is 4.21. The average molecular weight is 236 g/mol. The van der Waals surface area contributed by atoms with Crippen molar-refractivity contribution in [1.29, 1.82) is 0 Å². The van der Waals surface area contributed by atoms with Crippen molar-refractivity contribution in [1.82, 2.24) is 10.3 Å². The molecule has 0 saturated carbocycles. The van der Waals surface area contributed by atoms with E-state index < -0.39 is 0 Å². The third-order valence-corrected chi connectivity index (χ3v) is 3.27. The van der Waals surface area contributed by atoms with Crippen LogP contribution >= 0.6 is 0 Å². The van der Waals surface area contributed by atoms with Gasteiger partial charge in [0.25, 0.3) is 0 Å². The molecular weight excluding hydrogens is 212 g/mol. The Labute approximate surface area is 105 Å². The van der Waals surface area contributed by atoms with Gasteiger partial charge in [-0.2, -0.15) is 0 Å². The lowest BCUT2D eigenvalue weighted by molar-refractivity contribution is 0.324. The van der Waals surface area contributed by atoms with Crippen molar-refractivity contribution in [2.24, 2.45) is 5.92 Å². The van der Waals surface area contributed by atoms with Gasteiger partial charge in [0.2, 0.25) is 5.88 Å². The lowest BCUT2D eigenvalue weighted by Gasteiger charge is -2.27. The van der Waals surface area contributed by atoms with Gasteiger partial charge in [-0.3, -0.25) is 0 Å². The summed E-state index contributed by atoms with van der Waals surface area (Å²) in [4.78, 5) is 4.29. The summed E-state index contributed by atoms with van der Waals surface area (Å²) >= 11 is 0. The summed E-state index contributed by atoms with van der Waals surface area (Å²) in [7, 11) is 1.68. The van der Waals surface area contributed by atoms with Gasteiger partial charge < -0.3 is 10.1 Å². The van der Waals surface area contributed by atoms with Crippen molar-refractivity contribution in [3.8, 4) is 5.88 Å². The Kier molecular flexibility index (Phi) is 5.98. The summed E-state index contributed by atoms with van der Waals surface area (Å²) in [6.07, 6.45) is 4.09. The molecule has 3 nitrogen and oxygen atoms in total. The van der Waals surface area contributed by atoms with E-state index in [0.29, 0.717) is 12.0 Å². The fourth-order valence-corrected chi connectivity index (χ4v) is 2.32. The van der Waals surface area contributed by atoms with E-state index in [1.54, 1.807) is 13.3 Å². The number of hydrogen-bond donors (Lipinski definition) is 1. The Morgan fingerprint density at radius 2 is 2.00 bits per heavy atom. The molecule has 0 radical (unpaired) electrons. The van der Waals surface area contributed by atoms with Gasteiger partial charge >= 0.3 is 0 Å². The molecule has 0 spiro atoms. The lowest BCUT2D eigenvalue weighted by atomic mass is 9.89. The van der Waals surface area contributed by atoms with Crippen molar-refractivity contribution < 1.29 is 4.74 Å². The number of aromatic nitrogens is 1. The molecule has 1 unspecified atom stereocenters. The van der Waals surface area contributed by atoms with Gasteiger partial charge in [-0.15, -0.1) is 0 Å². The van der Waals surface area contributed by atoms with Crippen LogP contribution in [0.1, 0.15) is 45.2 Å². The van der Waals surface area contributed by atoms with E-state index in [0.717, 1.165) is 25.3 Å². The van der Waals surface area contributed by atoms with Crippen LogP contribution in [0.25, 0.3) is 0 Å². The Balaban J connectivity index is 3.03. The zero-order valence-electron chi connectivity index (χ0n) is 11.4. The zero-order chi connectivity index (χ0) is 12.7. The van der Waals surface area contributed by atoms with E-state index >= 15 is 0 Å². The maximum Gasteiger partial charge on any atom is 0.217 e. The van der Waals surface area contributed by atoms with Crippen LogP contribution < -0.4 is 10.1 Å². The molecule has 0 aliphatic rings. The smallest absolute Gasteiger partial charge is 0.217 e. The minimum absolute atomic E-state index is 0.332. The molecule has 96 valence electrons. The van der Waals surface area contributed by atoms with Crippen LogP contribution in [-0.2, 0) is 0 Å². The number of methoxy groups -OCH3 is 1. The molecule has 1 aromatic heterocycles. The molecule has 1 aromatic rings. The molecule has 3 heteroatoms. The SMILES string of the molecule is CCNC(c1cccnc1OC)C(CC)CC. The first-order valence-electron chi connectivity index (χ1n) is 6.50. The highest BCUT2D eigenvalue weighted by atomic mass is 16.5. The highest BCUT2D eigenvalue weighted by molar-refractivity contribution is 5.29. The Bertz CT molecular complexity index is 324. The summed E-state index contributed by atoms with van der Waals surface area (Å²) in [5.41, 5.74) is 1.17. The third kappa shape index (κ3) is 3.43. The first-order valence-corrected chi connectivity index (χ1v) is 6.50. The Hall–Kier alpha value is -1.09. The van der Waals surface area contributed by atoms with Crippen LogP contribution in [0.3, 0.4) is 0 Å². The quantitative estimate of drug-likeness (QED) is 0.789. The van der Waals surface area contributed by atoms with E-state index in [-0.39, 0.29) is 0 Å². The molecule has 1 N–H and O–H groups in total. The molecule has 0 bridgehead atoms. The lowest BCUT2D eigenvalue weighted by Crippen LogP contribution is -2.28. The van der Waals surface area contributed by atoms with Crippen LogP contribution in [0.5, 0.6) is 5.88 Å². The predicted molar refractivity (Wildman–Crippen MR) is 71.3 cm³/mol. The molecule has 1 heterocycles. The number of rotatable bonds is 7. The van der Waals surface area contributed by atoms with Gasteiger partial charge in [-0.05, 0) is 18.5 Å². The van der Waals surface area contributed by atoms with Crippen molar-refractivity contribution in [3.05, 3.63) is 23.9 Å². The van der Waals surface area contributed by atoms with Gasteiger partial charge in [0.1, 0.15) is 0 Å². The summed E-state index contributed by atoms with van der Waals surface area (Å²) < 4.78 is 5.36. The maximum absolute atomic E-state index is 5.36. The van der Waals surface area contributed by atoms with E-state index in [2.05, 4.69) is 37.1 Å². The normalized spacial score (nSPS) is 12.8. The van der Waals surface area contributed by atoms with Gasteiger partial charge in [0, 0.05) is 17.8 Å². The van der Waals surface area contributed by atoms with Gasteiger partial charge in [0.05, 0.1) is 7.11 Å². The fraction of sp³-hybridized carbons (Fsp3) is 0.643. The van der Waals surface area contributed by atoms with Crippen LogP contribution in [0, 0.1) is 5.92 Å². The largest absolute Gasteiger partial charge is 0.481 e. The molecule has 0 aliphatic heterocycles. The molecule has 17 heavy (non-hydrogen) atoms. The minimum atomic E-state index is 0.332. The first kappa shape index (κ1) is 14.0. The summed E-state index contributed by atoms with van der Waals surface area (Å²) in [6, 6.07) is 4.42. The first-order chi connectivity index (χ1) is 8.28. The van der Waals surface area contributed by atoms with E-state index in [4.69, 9.17) is 4.74 Å². The van der Waals surface area contributed by atoms with Crippen LogP contribution in [0.15, 0.2) is 18.3 Å². The topological polar surface area (TPSA) is 34.2 Å². The van der Waals surface area contributed by atoms with Crippen LogP contribution in [0.4, 0.5) is 0 Å². The van der Waals surface area contributed by atoms with Crippen LogP contribution in [-0.4, -0.2) is 18.6 Å². The number of ether oxygens (including phenoxy) is 1. The average Bonchev–Trinajstić information content (AvgIpc) is 2.39. The summed E-state index contributed by atoms with van der Waals surface area (Å²) in [6.45, 7) is 7.57. The molecule has 0 aliphatic carbocycles. The fourth-order valence-electron chi connectivity index (χ4n) is 2.32. The third-order valence-electron chi connectivity index (χ3n) is 3.27. The van der Waals surface area contributed by atoms with E-state index in [1.807, 2.05) is 6.07 Å². The molecule has 0 amide bonds. The predicted octanol–water partition coefficient (Wildman–Crippen LogP) is 3.18. The number of pyridine rings is 1. The maximum atomic E-state index is 5.36. The molecule has 1 rings (SSSR count). The molecular formula is C14H24N2O. The number of hydrogen-bond acceptors (Lipinski definition) is 3. The highest BCUT2D eigenvalue weighted by Crippen LogP contribution is 2.31. The number of nitrogens with one attached hydrogen (secondary N) is 1. The minimum Gasteiger partial charge on any atom is -0.481 e. The number of nitrogens with zero attached hydrogens (tertiary/aromatic N) is 1. The van der Waals surface area contributed by atoms with E-state index in [9.17, 15) is 0 Å². The Morgan fingerprint density at radius 1 is 1.29 bits per heavy atom. The van der Waals surface area contributed by atoms with Crippen molar-refractivity contribution in [3.63, 3.8) is 0 Å². The van der Waals surface area contributed by atoms with Gasteiger partial charge in [-0.25, -0.2) is 4.98 Å².